The van der Waals surface area contributed by atoms with Crippen molar-refractivity contribution in [1.29, 1.82) is 0 Å². The molecule has 2 N–H and O–H groups in total. The van der Waals surface area contributed by atoms with Gasteiger partial charge in [-0.1, -0.05) is 29.8 Å². The second kappa shape index (κ2) is 9.34. The third kappa shape index (κ3) is 6.32. The lowest BCUT2D eigenvalue weighted by Crippen LogP contribution is -2.28. The van der Waals surface area contributed by atoms with Gasteiger partial charge in [0, 0.05) is 24.2 Å². The maximum atomic E-state index is 12.3. The average Bonchev–Trinajstić information content (AvgIpc) is 2.57. The summed E-state index contributed by atoms with van der Waals surface area (Å²) in [6, 6.07) is 9.27. The van der Waals surface area contributed by atoms with E-state index in [9.17, 15) is 4.79 Å². The summed E-state index contributed by atoms with van der Waals surface area (Å²) in [5.41, 5.74) is 1.33. The lowest BCUT2D eigenvalue weighted by molar-refractivity contribution is 0.0947. The first-order valence-corrected chi connectivity index (χ1v) is 8.59. The quantitative estimate of drug-likeness (QED) is 0.707. The number of carbonyl (C=O) groups excluding carboxylic acids is 1. The highest BCUT2D eigenvalue weighted by Gasteiger charge is 2.10. The van der Waals surface area contributed by atoms with Gasteiger partial charge in [-0.25, -0.2) is 9.97 Å². The predicted molar refractivity (Wildman–Crippen MR) is 101 cm³/mol. The van der Waals surface area contributed by atoms with Crippen molar-refractivity contribution in [3.05, 3.63) is 52.4 Å². The molecule has 0 bridgehead atoms. The summed E-state index contributed by atoms with van der Waals surface area (Å²) >= 11 is 6.16. The zero-order chi connectivity index (χ0) is 18.2. The van der Waals surface area contributed by atoms with Crippen LogP contribution in [0, 0.1) is 6.92 Å². The van der Waals surface area contributed by atoms with Gasteiger partial charge in [-0.3, -0.25) is 4.79 Å². The predicted octanol–water partition coefficient (Wildman–Crippen LogP) is 2.73. The summed E-state index contributed by atoms with van der Waals surface area (Å²) in [4.78, 5) is 22.9. The molecule has 2 aromatic rings. The van der Waals surface area contributed by atoms with Crippen molar-refractivity contribution in [2.75, 3.05) is 32.5 Å². The summed E-state index contributed by atoms with van der Waals surface area (Å²) in [6.07, 6.45) is 0.889. The fourth-order valence-electron chi connectivity index (χ4n) is 2.29. The topological polar surface area (TPSA) is 70.2 Å². The first-order valence-electron chi connectivity index (χ1n) is 8.21. The minimum atomic E-state index is -0.190. The lowest BCUT2D eigenvalue weighted by atomic mass is 10.2. The summed E-state index contributed by atoms with van der Waals surface area (Å²) in [5.74, 6) is 0.957. The molecular weight excluding hydrogens is 338 g/mol. The smallest absolute Gasteiger partial charge is 0.270 e. The zero-order valence-corrected chi connectivity index (χ0v) is 15.6. The van der Waals surface area contributed by atoms with Gasteiger partial charge >= 0.3 is 0 Å². The number of aryl methyl sites for hydroxylation is 1. The molecule has 0 saturated carbocycles. The molecule has 7 heteroatoms. The molecule has 0 radical (unpaired) electrons. The molecule has 0 spiro atoms. The minimum Gasteiger partial charge on any atom is -0.366 e. The molecule has 1 aromatic heterocycles. The Labute approximate surface area is 153 Å². The number of amides is 1. The first-order chi connectivity index (χ1) is 12.0. The Morgan fingerprint density at radius 1 is 1.24 bits per heavy atom. The summed E-state index contributed by atoms with van der Waals surface area (Å²) < 4.78 is 0. The van der Waals surface area contributed by atoms with Crippen LogP contribution in [0.5, 0.6) is 0 Å². The van der Waals surface area contributed by atoms with Gasteiger partial charge in [-0.2, -0.15) is 0 Å². The standard InChI is InChI=1S/C18H24ClN5O/c1-13-22-16(18(25)20-9-6-10-24(2)3)11-17(23-13)21-12-14-7-4-5-8-15(14)19/h4-5,7-8,11H,6,9-10,12H2,1-3H3,(H,20,25)(H,21,22,23). The third-order valence-electron chi connectivity index (χ3n) is 3.56. The van der Waals surface area contributed by atoms with E-state index in [0.717, 1.165) is 18.5 Å². The van der Waals surface area contributed by atoms with Gasteiger partial charge in [0.2, 0.25) is 0 Å². The van der Waals surface area contributed by atoms with E-state index in [1.165, 1.54) is 0 Å². The number of halogens is 1. The highest BCUT2D eigenvalue weighted by atomic mass is 35.5. The van der Waals surface area contributed by atoms with Crippen molar-refractivity contribution in [3.8, 4) is 0 Å². The Hall–Kier alpha value is -2.18. The molecule has 2 rings (SSSR count). The van der Waals surface area contributed by atoms with E-state index in [2.05, 4.69) is 25.5 Å². The molecule has 134 valence electrons. The second-order valence-corrected chi connectivity index (χ2v) is 6.45. The maximum Gasteiger partial charge on any atom is 0.270 e. The number of rotatable bonds is 8. The molecular formula is C18H24ClN5O. The molecule has 6 nitrogen and oxygen atoms in total. The molecule has 0 fully saturated rings. The van der Waals surface area contributed by atoms with Crippen LogP contribution in [0.3, 0.4) is 0 Å². The summed E-state index contributed by atoms with van der Waals surface area (Å²) in [6.45, 7) is 3.83. The van der Waals surface area contributed by atoms with Crippen molar-refractivity contribution in [2.45, 2.75) is 19.9 Å². The largest absolute Gasteiger partial charge is 0.366 e. The van der Waals surface area contributed by atoms with Gasteiger partial charge < -0.3 is 15.5 Å². The maximum absolute atomic E-state index is 12.3. The third-order valence-corrected chi connectivity index (χ3v) is 3.92. The number of hydrogen-bond donors (Lipinski definition) is 2. The van der Waals surface area contributed by atoms with E-state index in [-0.39, 0.29) is 5.91 Å². The Kier molecular flexibility index (Phi) is 7.16. The SMILES string of the molecule is Cc1nc(NCc2ccccc2Cl)cc(C(=O)NCCCN(C)C)n1. The fraction of sp³-hybridized carbons (Fsp3) is 0.389. The molecule has 0 atom stereocenters. The van der Waals surface area contributed by atoms with E-state index in [4.69, 9.17) is 11.6 Å². The normalized spacial score (nSPS) is 10.8. The molecule has 0 aliphatic carbocycles. The van der Waals surface area contributed by atoms with Crippen LogP contribution in [0.25, 0.3) is 0 Å². The molecule has 0 unspecified atom stereocenters. The van der Waals surface area contributed by atoms with Crippen molar-refractivity contribution in [1.82, 2.24) is 20.2 Å². The Bertz CT molecular complexity index is 720. The minimum absolute atomic E-state index is 0.190. The molecule has 25 heavy (non-hydrogen) atoms. The van der Waals surface area contributed by atoms with Crippen LogP contribution in [-0.2, 0) is 6.54 Å². The van der Waals surface area contributed by atoms with Crippen molar-refractivity contribution >= 4 is 23.3 Å². The molecule has 0 saturated heterocycles. The Morgan fingerprint density at radius 2 is 2.00 bits per heavy atom. The van der Waals surface area contributed by atoms with E-state index < -0.39 is 0 Å². The van der Waals surface area contributed by atoms with Crippen LogP contribution in [-0.4, -0.2) is 48.0 Å². The number of carbonyl (C=O) groups is 1. The number of hydrogen-bond acceptors (Lipinski definition) is 5. The number of nitrogens with one attached hydrogen (secondary N) is 2. The van der Waals surface area contributed by atoms with Crippen LogP contribution in [0.15, 0.2) is 30.3 Å². The van der Waals surface area contributed by atoms with Gasteiger partial charge in [0.25, 0.3) is 5.91 Å². The van der Waals surface area contributed by atoms with E-state index >= 15 is 0 Å². The number of nitrogens with zero attached hydrogens (tertiary/aromatic N) is 3. The number of anilines is 1. The zero-order valence-electron chi connectivity index (χ0n) is 14.8. The summed E-state index contributed by atoms with van der Waals surface area (Å²) in [7, 11) is 4.01. The van der Waals surface area contributed by atoms with Crippen LogP contribution < -0.4 is 10.6 Å². The van der Waals surface area contributed by atoms with Gasteiger partial charge in [0.15, 0.2) is 0 Å². The van der Waals surface area contributed by atoms with Crippen molar-refractivity contribution in [3.63, 3.8) is 0 Å². The summed E-state index contributed by atoms with van der Waals surface area (Å²) in [5, 5.41) is 6.78. The highest BCUT2D eigenvalue weighted by Crippen LogP contribution is 2.16. The van der Waals surface area contributed by atoms with Gasteiger partial charge in [0.05, 0.1) is 0 Å². The van der Waals surface area contributed by atoms with E-state index in [0.29, 0.717) is 35.4 Å². The number of benzene rings is 1. The molecule has 1 heterocycles. The first kappa shape index (κ1) is 19.1. The van der Waals surface area contributed by atoms with Gasteiger partial charge in [0.1, 0.15) is 17.3 Å². The van der Waals surface area contributed by atoms with Gasteiger partial charge in [-0.15, -0.1) is 0 Å². The van der Waals surface area contributed by atoms with E-state index in [1.54, 1.807) is 13.0 Å². The lowest BCUT2D eigenvalue weighted by Gasteiger charge is -2.11. The fourth-order valence-corrected chi connectivity index (χ4v) is 2.49. The monoisotopic (exact) mass is 361 g/mol. The van der Waals surface area contributed by atoms with Crippen LogP contribution in [0.2, 0.25) is 5.02 Å². The Morgan fingerprint density at radius 3 is 2.72 bits per heavy atom. The highest BCUT2D eigenvalue weighted by molar-refractivity contribution is 6.31. The van der Waals surface area contributed by atoms with Crippen molar-refractivity contribution < 1.29 is 4.79 Å². The van der Waals surface area contributed by atoms with Crippen LogP contribution in [0.4, 0.5) is 5.82 Å². The molecule has 1 amide bonds. The second-order valence-electron chi connectivity index (χ2n) is 6.04. The van der Waals surface area contributed by atoms with Crippen LogP contribution >= 0.6 is 11.6 Å². The molecule has 0 aliphatic rings. The molecule has 0 aliphatic heterocycles. The molecule has 1 aromatic carbocycles. The van der Waals surface area contributed by atoms with Crippen molar-refractivity contribution in [2.24, 2.45) is 0 Å². The Balaban J connectivity index is 1.97. The number of aromatic nitrogens is 2. The van der Waals surface area contributed by atoms with Gasteiger partial charge in [-0.05, 0) is 45.6 Å². The van der Waals surface area contributed by atoms with Crippen LogP contribution in [0.1, 0.15) is 28.3 Å². The average molecular weight is 362 g/mol. The van der Waals surface area contributed by atoms with E-state index in [1.807, 2.05) is 38.4 Å².